The summed E-state index contributed by atoms with van der Waals surface area (Å²) >= 11 is 0. The molecule has 0 saturated carbocycles. The number of sulfonamides is 1. The molecule has 0 spiro atoms. The summed E-state index contributed by atoms with van der Waals surface area (Å²) in [5.74, 6) is -0.369. The van der Waals surface area contributed by atoms with Crippen LogP contribution in [0.3, 0.4) is 0 Å². The Hall–Kier alpha value is -3.52. The van der Waals surface area contributed by atoms with Crippen molar-refractivity contribution in [2.45, 2.75) is 17.7 Å². The van der Waals surface area contributed by atoms with Crippen molar-refractivity contribution in [1.82, 2.24) is 0 Å². The number of hydrogen-bond acceptors (Lipinski definition) is 5. The predicted octanol–water partition coefficient (Wildman–Crippen LogP) is 3.99. The molecule has 3 aromatic rings. The van der Waals surface area contributed by atoms with E-state index in [-0.39, 0.29) is 16.2 Å². The highest BCUT2D eigenvalue weighted by atomic mass is 32.2. The standard InChI is InChI=1S/C23H23NO6S/c1-29-19-12-13-21(30-2)22(15-19)31(27,28)24-18-8-5-6-16(14-18)10-11-17-7-3-4-9-20(17)23(25)26/h3-9,12-15,24H,10-11H2,1-2H3,(H,25,26). The fourth-order valence-corrected chi connectivity index (χ4v) is 4.46. The van der Waals surface area contributed by atoms with Gasteiger partial charge in [-0.05, 0) is 54.3 Å². The first-order valence-corrected chi connectivity index (χ1v) is 11.0. The van der Waals surface area contributed by atoms with E-state index in [2.05, 4.69) is 4.72 Å². The number of benzene rings is 3. The molecule has 0 atom stereocenters. The lowest BCUT2D eigenvalue weighted by atomic mass is 10.00. The van der Waals surface area contributed by atoms with Crippen molar-refractivity contribution in [2.75, 3.05) is 18.9 Å². The summed E-state index contributed by atoms with van der Waals surface area (Å²) in [6.45, 7) is 0. The van der Waals surface area contributed by atoms with Gasteiger partial charge in [0.15, 0.2) is 0 Å². The number of hydrogen-bond donors (Lipinski definition) is 2. The summed E-state index contributed by atoms with van der Waals surface area (Å²) in [6, 6.07) is 18.4. The van der Waals surface area contributed by atoms with E-state index in [4.69, 9.17) is 9.47 Å². The van der Waals surface area contributed by atoms with Gasteiger partial charge in [0.2, 0.25) is 0 Å². The summed E-state index contributed by atoms with van der Waals surface area (Å²) in [6.07, 6.45) is 1.07. The van der Waals surface area contributed by atoms with E-state index in [1.165, 1.54) is 26.4 Å². The molecule has 0 aliphatic rings. The fraction of sp³-hybridized carbons (Fsp3) is 0.174. The third kappa shape index (κ3) is 5.35. The molecule has 3 rings (SSSR count). The second-order valence-electron chi connectivity index (χ2n) is 6.78. The van der Waals surface area contributed by atoms with E-state index >= 15 is 0 Å². The molecule has 0 bridgehead atoms. The van der Waals surface area contributed by atoms with Gasteiger partial charge < -0.3 is 14.6 Å². The molecule has 31 heavy (non-hydrogen) atoms. The van der Waals surface area contributed by atoms with Gasteiger partial charge in [0, 0.05) is 11.8 Å². The van der Waals surface area contributed by atoms with Gasteiger partial charge in [0.25, 0.3) is 10.0 Å². The van der Waals surface area contributed by atoms with Crippen LogP contribution in [0, 0.1) is 0 Å². The van der Waals surface area contributed by atoms with E-state index in [0.717, 1.165) is 11.1 Å². The molecule has 0 unspecified atom stereocenters. The largest absolute Gasteiger partial charge is 0.497 e. The predicted molar refractivity (Wildman–Crippen MR) is 118 cm³/mol. The number of carboxylic acid groups (broad SMARTS) is 1. The third-order valence-electron chi connectivity index (χ3n) is 4.77. The van der Waals surface area contributed by atoms with Crippen LogP contribution in [0.5, 0.6) is 11.5 Å². The zero-order valence-electron chi connectivity index (χ0n) is 17.2. The molecular formula is C23H23NO6S. The van der Waals surface area contributed by atoms with Crippen molar-refractivity contribution in [3.8, 4) is 11.5 Å². The molecule has 0 aliphatic carbocycles. The smallest absolute Gasteiger partial charge is 0.335 e. The SMILES string of the molecule is COc1ccc(OC)c(S(=O)(=O)Nc2cccc(CCc3ccccc3C(=O)O)c2)c1. The van der Waals surface area contributed by atoms with E-state index in [1.807, 2.05) is 6.07 Å². The molecule has 2 N–H and O–H groups in total. The Morgan fingerprint density at radius 1 is 0.935 bits per heavy atom. The third-order valence-corrected chi connectivity index (χ3v) is 6.17. The summed E-state index contributed by atoms with van der Waals surface area (Å²) in [7, 11) is -1.07. The highest BCUT2D eigenvalue weighted by Crippen LogP contribution is 2.30. The van der Waals surface area contributed by atoms with Crippen molar-refractivity contribution in [1.29, 1.82) is 0 Å². The Labute approximate surface area is 181 Å². The van der Waals surface area contributed by atoms with Crippen molar-refractivity contribution < 1.29 is 27.8 Å². The first-order valence-electron chi connectivity index (χ1n) is 9.49. The topological polar surface area (TPSA) is 102 Å². The number of rotatable bonds is 9. The van der Waals surface area contributed by atoms with Crippen LogP contribution in [0.4, 0.5) is 5.69 Å². The summed E-state index contributed by atoms with van der Waals surface area (Å²) in [5, 5.41) is 9.33. The lowest BCUT2D eigenvalue weighted by Crippen LogP contribution is -2.14. The molecule has 162 valence electrons. The second-order valence-corrected chi connectivity index (χ2v) is 8.44. The average molecular weight is 442 g/mol. The zero-order chi connectivity index (χ0) is 22.4. The first kappa shape index (κ1) is 22.2. The first-order chi connectivity index (χ1) is 14.8. The summed E-state index contributed by atoms with van der Waals surface area (Å²) < 4.78 is 38.8. The van der Waals surface area contributed by atoms with E-state index in [0.29, 0.717) is 24.3 Å². The highest BCUT2D eigenvalue weighted by molar-refractivity contribution is 7.92. The molecule has 0 aromatic heterocycles. The maximum absolute atomic E-state index is 12.9. The van der Waals surface area contributed by atoms with Crippen LogP contribution in [0.2, 0.25) is 0 Å². The van der Waals surface area contributed by atoms with Crippen LogP contribution in [0.25, 0.3) is 0 Å². The van der Waals surface area contributed by atoms with Crippen LogP contribution in [-0.4, -0.2) is 33.7 Å². The van der Waals surface area contributed by atoms with Gasteiger partial charge in [0.1, 0.15) is 16.4 Å². The number of carbonyl (C=O) groups is 1. The van der Waals surface area contributed by atoms with Gasteiger partial charge in [-0.2, -0.15) is 0 Å². The Kier molecular flexibility index (Phi) is 6.81. The Balaban J connectivity index is 1.80. The van der Waals surface area contributed by atoms with Gasteiger partial charge in [-0.1, -0.05) is 30.3 Å². The molecule has 0 heterocycles. The molecule has 0 saturated heterocycles. The lowest BCUT2D eigenvalue weighted by molar-refractivity contribution is 0.0695. The Bertz CT molecular complexity index is 1190. The maximum Gasteiger partial charge on any atom is 0.335 e. The van der Waals surface area contributed by atoms with Gasteiger partial charge in [-0.15, -0.1) is 0 Å². The number of anilines is 1. The monoisotopic (exact) mass is 441 g/mol. The van der Waals surface area contributed by atoms with Gasteiger partial charge in [0.05, 0.1) is 19.8 Å². The molecule has 8 heteroatoms. The number of aromatic carboxylic acids is 1. The number of ether oxygens (including phenoxy) is 2. The van der Waals surface area contributed by atoms with Gasteiger partial charge in [-0.25, -0.2) is 13.2 Å². The quantitative estimate of drug-likeness (QED) is 0.521. The normalized spacial score (nSPS) is 11.0. The van der Waals surface area contributed by atoms with Gasteiger partial charge in [-0.3, -0.25) is 4.72 Å². The van der Waals surface area contributed by atoms with Crippen LogP contribution < -0.4 is 14.2 Å². The molecule has 0 fully saturated rings. The molecular weight excluding hydrogens is 418 g/mol. The minimum Gasteiger partial charge on any atom is -0.497 e. The Morgan fingerprint density at radius 2 is 1.71 bits per heavy atom. The van der Waals surface area contributed by atoms with Gasteiger partial charge >= 0.3 is 5.97 Å². The zero-order valence-corrected chi connectivity index (χ0v) is 18.0. The van der Waals surface area contributed by atoms with Crippen LogP contribution in [0.1, 0.15) is 21.5 Å². The van der Waals surface area contributed by atoms with Crippen molar-refractivity contribution in [3.63, 3.8) is 0 Å². The van der Waals surface area contributed by atoms with Crippen LogP contribution >= 0.6 is 0 Å². The van der Waals surface area contributed by atoms with Crippen molar-refractivity contribution in [2.24, 2.45) is 0 Å². The second kappa shape index (κ2) is 9.53. The summed E-state index contributed by atoms with van der Waals surface area (Å²) in [4.78, 5) is 11.3. The minimum atomic E-state index is -3.92. The highest BCUT2D eigenvalue weighted by Gasteiger charge is 2.21. The average Bonchev–Trinajstić information content (AvgIpc) is 2.77. The maximum atomic E-state index is 12.9. The molecule has 7 nitrogen and oxygen atoms in total. The Morgan fingerprint density at radius 3 is 2.42 bits per heavy atom. The van der Waals surface area contributed by atoms with Crippen molar-refractivity contribution in [3.05, 3.63) is 83.4 Å². The van der Waals surface area contributed by atoms with Crippen LogP contribution in [0.15, 0.2) is 71.6 Å². The molecule has 0 radical (unpaired) electrons. The number of nitrogens with one attached hydrogen (secondary N) is 1. The summed E-state index contributed by atoms with van der Waals surface area (Å²) in [5.41, 5.74) is 2.26. The van der Waals surface area contributed by atoms with Crippen molar-refractivity contribution >= 4 is 21.7 Å². The number of aryl methyl sites for hydroxylation is 2. The number of carboxylic acids is 1. The van der Waals surface area contributed by atoms with E-state index in [9.17, 15) is 18.3 Å². The number of methoxy groups -OCH3 is 2. The lowest BCUT2D eigenvalue weighted by Gasteiger charge is -2.13. The van der Waals surface area contributed by atoms with Crippen LogP contribution in [-0.2, 0) is 22.9 Å². The molecule has 0 amide bonds. The molecule has 3 aromatic carbocycles. The van der Waals surface area contributed by atoms with E-state index < -0.39 is 16.0 Å². The fourth-order valence-electron chi connectivity index (χ4n) is 3.22. The van der Waals surface area contributed by atoms with E-state index in [1.54, 1.807) is 48.5 Å². The molecule has 0 aliphatic heterocycles. The minimum absolute atomic E-state index is 0.0323.